The van der Waals surface area contributed by atoms with Crippen LogP contribution in [0.25, 0.3) is 0 Å². The summed E-state index contributed by atoms with van der Waals surface area (Å²) in [6.07, 6.45) is 36.2. The summed E-state index contributed by atoms with van der Waals surface area (Å²) < 4.78 is 67.9. The fraction of sp³-hybridized carbons (Fsp3) is 0.938. The van der Waals surface area contributed by atoms with Gasteiger partial charge >= 0.3 is 39.5 Å². The molecule has 0 spiro atoms. The number of rotatable bonds is 62. The number of ether oxygens (including phenoxy) is 4. The molecule has 0 fully saturated rings. The van der Waals surface area contributed by atoms with Gasteiger partial charge in [-0.1, -0.05) is 260 Å². The zero-order valence-corrected chi connectivity index (χ0v) is 55.4. The first kappa shape index (κ1) is 81.1. The monoisotopic (exact) mass is 1230 g/mol. The maximum atomic E-state index is 13.0. The average Bonchev–Trinajstić information content (AvgIpc) is 3.45. The molecule has 0 aromatic heterocycles. The molecule has 0 bridgehead atoms. The van der Waals surface area contributed by atoms with Gasteiger partial charge in [0.15, 0.2) is 12.2 Å². The highest BCUT2D eigenvalue weighted by molar-refractivity contribution is 7.47. The summed E-state index contributed by atoms with van der Waals surface area (Å²) >= 11 is 0. The van der Waals surface area contributed by atoms with Crippen LogP contribution in [0, 0.1) is 17.8 Å². The van der Waals surface area contributed by atoms with E-state index in [1.54, 1.807) is 0 Å². The maximum Gasteiger partial charge on any atom is 0.472 e. The molecule has 19 heteroatoms. The molecular weight excluding hydrogens is 1100 g/mol. The quantitative estimate of drug-likeness (QED) is 0.0222. The predicted octanol–water partition coefficient (Wildman–Crippen LogP) is 17.5. The minimum atomic E-state index is -4.95. The molecule has 0 aliphatic rings. The lowest BCUT2D eigenvalue weighted by molar-refractivity contribution is -0.161. The van der Waals surface area contributed by atoms with Crippen molar-refractivity contribution in [1.29, 1.82) is 0 Å². The van der Waals surface area contributed by atoms with E-state index in [9.17, 15) is 43.2 Å². The molecular formula is C64H124O17P2. The van der Waals surface area contributed by atoms with Crippen LogP contribution in [0.1, 0.15) is 312 Å². The summed E-state index contributed by atoms with van der Waals surface area (Å²) in [4.78, 5) is 72.2. The van der Waals surface area contributed by atoms with Crippen molar-refractivity contribution in [3.63, 3.8) is 0 Å². The minimum absolute atomic E-state index is 0.102. The highest BCUT2D eigenvalue weighted by Gasteiger charge is 2.30. The number of esters is 4. The van der Waals surface area contributed by atoms with Crippen LogP contribution in [-0.2, 0) is 65.4 Å². The van der Waals surface area contributed by atoms with Gasteiger partial charge < -0.3 is 33.8 Å². The number of carbonyl (C=O) groups excluding carboxylic acids is 4. The third-order valence-corrected chi connectivity index (χ3v) is 17.3. The Kier molecular flexibility index (Phi) is 54.1. The Hall–Kier alpha value is -1.94. The van der Waals surface area contributed by atoms with Gasteiger partial charge in [-0.2, -0.15) is 0 Å². The summed E-state index contributed by atoms with van der Waals surface area (Å²) in [5, 5.41) is 10.5. The van der Waals surface area contributed by atoms with E-state index in [1.807, 2.05) is 0 Å². The largest absolute Gasteiger partial charge is 0.472 e. The highest BCUT2D eigenvalue weighted by atomic mass is 31.2. The fourth-order valence-corrected chi connectivity index (χ4v) is 11.0. The summed E-state index contributed by atoms with van der Waals surface area (Å²) in [6, 6.07) is 0. The Morgan fingerprint density at radius 3 is 0.916 bits per heavy atom. The number of carbonyl (C=O) groups is 4. The molecule has 7 atom stereocenters. The summed E-state index contributed by atoms with van der Waals surface area (Å²) in [6.45, 7) is 11.7. The number of aliphatic hydroxyl groups excluding tert-OH is 1. The molecule has 0 aromatic rings. The Balaban J connectivity index is 5.25. The van der Waals surface area contributed by atoms with E-state index in [-0.39, 0.29) is 25.7 Å². The number of phosphoric ester groups is 2. The van der Waals surface area contributed by atoms with Gasteiger partial charge in [-0.25, -0.2) is 9.13 Å². The number of phosphoric acid groups is 2. The summed E-state index contributed by atoms with van der Waals surface area (Å²) in [5.41, 5.74) is 0. The Morgan fingerprint density at radius 1 is 0.349 bits per heavy atom. The van der Waals surface area contributed by atoms with Gasteiger partial charge in [0.1, 0.15) is 19.3 Å². The van der Waals surface area contributed by atoms with E-state index < -0.39 is 97.5 Å². The van der Waals surface area contributed by atoms with Crippen LogP contribution in [0.5, 0.6) is 0 Å². The molecule has 0 aliphatic heterocycles. The average molecular weight is 1230 g/mol. The van der Waals surface area contributed by atoms with Crippen LogP contribution in [0.3, 0.4) is 0 Å². The van der Waals surface area contributed by atoms with Crippen LogP contribution in [-0.4, -0.2) is 96.7 Å². The molecule has 0 aliphatic carbocycles. The van der Waals surface area contributed by atoms with Crippen molar-refractivity contribution in [3.05, 3.63) is 0 Å². The minimum Gasteiger partial charge on any atom is -0.462 e. The van der Waals surface area contributed by atoms with Crippen LogP contribution >= 0.6 is 15.6 Å². The van der Waals surface area contributed by atoms with Gasteiger partial charge in [0.2, 0.25) is 0 Å². The second-order valence-corrected chi connectivity index (χ2v) is 27.0. The van der Waals surface area contributed by atoms with Crippen molar-refractivity contribution in [1.82, 2.24) is 0 Å². The van der Waals surface area contributed by atoms with Crippen LogP contribution in [0.2, 0.25) is 0 Å². The third-order valence-electron chi connectivity index (χ3n) is 15.4. The third kappa shape index (κ3) is 56.3. The molecule has 0 amide bonds. The zero-order valence-electron chi connectivity index (χ0n) is 53.6. The van der Waals surface area contributed by atoms with Crippen molar-refractivity contribution in [2.75, 3.05) is 39.6 Å². The first-order valence-electron chi connectivity index (χ1n) is 33.4. The normalized spacial score (nSPS) is 15.0. The van der Waals surface area contributed by atoms with Crippen molar-refractivity contribution in [2.45, 2.75) is 330 Å². The second-order valence-electron chi connectivity index (χ2n) is 24.1. The van der Waals surface area contributed by atoms with E-state index in [1.165, 1.54) is 116 Å². The molecule has 0 heterocycles. The van der Waals surface area contributed by atoms with Crippen molar-refractivity contribution in [2.24, 2.45) is 17.8 Å². The van der Waals surface area contributed by atoms with Crippen molar-refractivity contribution < 1.29 is 80.2 Å². The van der Waals surface area contributed by atoms with E-state index in [0.29, 0.717) is 25.7 Å². The fourth-order valence-electron chi connectivity index (χ4n) is 9.42. The van der Waals surface area contributed by atoms with E-state index in [2.05, 4.69) is 48.5 Å². The molecule has 83 heavy (non-hydrogen) atoms. The molecule has 492 valence electrons. The first-order chi connectivity index (χ1) is 39.8. The second kappa shape index (κ2) is 55.4. The molecule has 0 rings (SSSR count). The smallest absolute Gasteiger partial charge is 0.462 e. The SMILES string of the molecule is CCCCCCCCCCC(=O)OC[C@H](COP(=O)(O)OC[C@H](O)COP(=O)(O)OC[C@@H](COC(=O)CCCCCCCCCCC(C)C)OC(=O)CCCCCCCCCCCCC(C)CC)OC(=O)CCCCCCCCC(C)CC. The molecule has 0 aromatic carbocycles. The Morgan fingerprint density at radius 2 is 0.614 bits per heavy atom. The number of hydrogen-bond donors (Lipinski definition) is 3. The topological polar surface area (TPSA) is 237 Å². The molecule has 3 N–H and O–H groups in total. The Labute approximate surface area is 505 Å². The molecule has 4 unspecified atom stereocenters. The van der Waals surface area contributed by atoms with Crippen LogP contribution in [0.4, 0.5) is 0 Å². The van der Waals surface area contributed by atoms with Gasteiger partial charge in [0, 0.05) is 25.7 Å². The standard InChI is InChI=1S/C64H124O17P2/c1-8-11-12-13-14-23-31-38-45-61(66)74-52-60(81-64(69)48-41-34-27-26-30-37-44-57(7)10-3)54-79-83(72,73)77-50-58(65)49-76-82(70,71)78-53-59(51-75-62(67)46-39-32-24-20-19-21-28-35-42-55(4)5)80-63(68)47-40-33-25-18-16-15-17-22-29-36-43-56(6)9-2/h55-60,65H,8-54H2,1-7H3,(H,70,71)(H,72,73)/t56?,57?,58-,59-,60-/m1/s1. The van der Waals surface area contributed by atoms with Crippen molar-refractivity contribution >= 4 is 39.5 Å². The van der Waals surface area contributed by atoms with Gasteiger partial charge in [-0.15, -0.1) is 0 Å². The highest BCUT2D eigenvalue weighted by Crippen LogP contribution is 2.45. The number of unbranched alkanes of at least 4 members (excludes halogenated alkanes) is 28. The number of hydrogen-bond acceptors (Lipinski definition) is 15. The first-order valence-corrected chi connectivity index (χ1v) is 36.4. The van der Waals surface area contributed by atoms with Gasteiger partial charge in [0.05, 0.1) is 26.4 Å². The van der Waals surface area contributed by atoms with Gasteiger partial charge in [0.25, 0.3) is 0 Å². The molecule has 0 saturated carbocycles. The van der Waals surface area contributed by atoms with E-state index in [0.717, 1.165) is 114 Å². The van der Waals surface area contributed by atoms with Crippen LogP contribution < -0.4 is 0 Å². The molecule has 0 radical (unpaired) electrons. The van der Waals surface area contributed by atoms with Gasteiger partial charge in [-0.05, 0) is 43.4 Å². The Bertz CT molecular complexity index is 1650. The maximum absolute atomic E-state index is 13.0. The van der Waals surface area contributed by atoms with E-state index in [4.69, 9.17) is 37.0 Å². The van der Waals surface area contributed by atoms with Crippen molar-refractivity contribution in [3.8, 4) is 0 Å². The lowest BCUT2D eigenvalue weighted by atomic mass is 9.99. The van der Waals surface area contributed by atoms with E-state index >= 15 is 0 Å². The van der Waals surface area contributed by atoms with Crippen LogP contribution in [0.15, 0.2) is 0 Å². The number of aliphatic hydroxyl groups is 1. The predicted molar refractivity (Wildman–Crippen MR) is 331 cm³/mol. The molecule has 17 nitrogen and oxygen atoms in total. The lowest BCUT2D eigenvalue weighted by Crippen LogP contribution is -2.30. The summed E-state index contributed by atoms with van der Waals surface area (Å²) in [5.74, 6) is 0.109. The lowest BCUT2D eigenvalue weighted by Gasteiger charge is -2.21. The summed E-state index contributed by atoms with van der Waals surface area (Å²) in [7, 11) is -9.89. The molecule has 0 saturated heterocycles. The zero-order chi connectivity index (χ0) is 61.7. The van der Waals surface area contributed by atoms with Gasteiger partial charge in [-0.3, -0.25) is 37.3 Å².